The third-order valence-corrected chi connectivity index (χ3v) is 2.76. The van der Waals surface area contributed by atoms with Crippen LogP contribution in [0.4, 0.5) is 0 Å². The zero-order valence-corrected chi connectivity index (χ0v) is 11.2. The molecule has 0 spiro atoms. The average Bonchev–Trinajstić information content (AvgIpc) is 2.23. The number of hydrogen-bond donors (Lipinski definition) is 2. The first-order valence-electron chi connectivity index (χ1n) is 5.88. The van der Waals surface area contributed by atoms with Crippen LogP contribution in [0.25, 0.3) is 0 Å². The molecule has 0 bridgehead atoms. The molecule has 0 atom stereocenters. The molecule has 1 aromatic heterocycles. The number of pyridine rings is 1. The fourth-order valence-corrected chi connectivity index (χ4v) is 1.83. The molecule has 0 radical (unpaired) electrons. The summed E-state index contributed by atoms with van der Waals surface area (Å²) in [5.41, 5.74) is 7.43. The summed E-state index contributed by atoms with van der Waals surface area (Å²) in [6.07, 6.45) is 0. The molecular formula is C13H23N3O. The molecule has 4 heteroatoms. The topological polar surface area (TPSA) is 62.4 Å². The average molecular weight is 237 g/mol. The Labute approximate surface area is 103 Å². The van der Waals surface area contributed by atoms with Crippen LogP contribution >= 0.6 is 0 Å². The van der Waals surface area contributed by atoms with Crippen molar-refractivity contribution >= 4 is 0 Å². The largest absolute Gasteiger partial charge is 0.506 e. The van der Waals surface area contributed by atoms with Crippen molar-refractivity contribution in [2.75, 3.05) is 20.1 Å². The van der Waals surface area contributed by atoms with Gasteiger partial charge in [0.2, 0.25) is 0 Å². The van der Waals surface area contributed by atoms with Crippen molar-refractivity contribution in [2.24, 2.45) is 11.1 Å². The Kier molecular flexibility index (Phi) is 4.48. The van der Waals surface area contributed by atoms with Crippen LogP contribution in [0.15, 0.2) is 12.1 Å². The molecule has 0 aliphatic heterocycles. The lowest BCUT2D eigenvalue weighted by atomic mass is 9.93. The molecule has 0 saturated heterocycles. The van der Waals surface area contributed by atoms with Gasteiger partial charge in [-0.25, -0.2) is 0 Å². The molecular weight excluding hydrogens is 214 g/mol. The molecule has 0 aliphatic rings. The Balaban J connectivity index is 2.68. The molecule has 1 aromatic rings. The number of nitrogens with zero attached hydrogens (tertiary/aromatic N) is 2. The van der Waals surface area contributed by atoms with Crippen LogP contribution in [0.1, 0.15) is 25.2 Å². The van der Waals surface area contributed by atoms with Gasteiger partial charge in [-0.15, -0.1) is 0 Å². The van der Waals surface area contributed by atoms with E-state index in [4.69, 9.17) is 5.73 Å². The Hall–Kier alpha value is -1.13. The summed E-state index contributed by atoms with van der Waals surface area (Å²) in [5, 5.41) is 9.73. The summed E-state index contributed by atoms with van der Waals surface area (Å²) in [5.74, 6) is 0.257. The van der Waals surface area contributed by atoms with E-state index >= 15 is 0 Å². The van der Waals surface area contributed by atoms with Crippen molar-refractivity contribution in [1.29, 1.82) is 0 Å². The van der Waals surface area contributed by atoms with Crippen molar-refractivity contribution in [3.63, 3.8) is 0 Å². The molecule has 4 nitrogen and oxygen atoms in total. The highest BCUT2D eigenvalue weighted by atomic mass is 16.3. The molecule has 3 N–H and O–H groups in total. The normalized spacial score (nSPS) is 12.1. The predicted molar refractivity (Wildman–Crippen MR) is 69.8 cm³/mol. The Morgan fingerprint density at radius 3 is 2.65 bits per heavy atom. The molecule has 0 fully saturated rings. The lowest BCUT2D eigenvalue weighted by molar-refractivity contribution is 0.206. The van der Waals surface area contributed by atoms with Crippen LogP contribution < -0.4 is 5.73 Å². The van der Waals surface area contributed by atoms with Gasteiger partial charge in [0, 0.05) is 18.8 Å². The van der Waals surface area contributed by atoms with Gasteiger partial charge in [0.15, 0.2) is 0 Å². The van der Waals surface area contributed by atoms with Gasteiger partial charge in [0.1, 0.15) is 5.75 Å². The van der Waals surface area contributed by atoms with E-state index in [1.165, 1.54) is 0 Å². The third kappa shape index (κ3) is 4.32. The third-order valence-electron chi connectivity index (χ3n) is 2.76. The van der Waals surface area contributed by atoms with Crippen LogP contribution in [-0.4, -0.2) is 35.1 Å². The van der Waals surface area contributed by atoms with E-state index in [0.29, 0.717) is 13.1 Å². The van der Waals surface area contributed by atoms with Crippen molar-refractivity contribution in [2.45, 2.75) is 27.3 Å². The van der Waals surface area contributed by atoms with E-state index in [0.717, 1.165) is 17.9 Å². The molecule has 0 aromatic carbocycles. The van der Waals surface area contributed by atoms with E-state index < -0.39 is 0 Å². The van der Waals surface area contributed by atoms with Crippen LogP contribution in [0.5, 0.6) is 5.75 Å². The van der Waals surface area contributed by atoms with Crippen LogP contribution in [0.2, 0.25) is 0 Å². The molecule has 1 heterocycles. The quantitative estimate of drug-likeness (QED) is 0.815. The first-order valence-corrected chi connectivity index (χ1v) is 5.88. The SMILES string of the molecule is Cc1ccc(O)c(CN(C)CC(C)(C)CN)n1. The van der Waals surface area contributed by atoms with Gasteiger partial charge in [-0.05, 0) is 38.1 Å². The highest BCUT2D eigenvalue weighted by Gasteiger charge is 2.19. The van der Waals surface area contributed by atoms with Crippen LogP contribution in [0.3, 0.4) is 0 Å². The van der Waals surface area contributed by atoms with Gasteiger partial charge in [-0.2, -0.15) is 0 Å². The minimum absolute atomic E-state index is 0.0776. The minimum Gasteiger partial charge on any atom is -0.506 e. The smallest absolute Gasteiger partial charge is 0.138 e. The van der Waals surface area contributed by atoms with E-state index in [1.54, 1.807) is 6.07 Å². The van der Waals surface area contributed by atoms with Gasteiger partial charge in [-0.3, -0.25) is 9.88 Å². The van der Waals surface area contributed by atoms with Crippen molar-refractivity contribution < 1.29 is 5.11 Å². The zero-order valence-electron chi connectivity index (χ0n) is 11.2. The Morgan fingerprint density at radius 2 is 2.06 bits per heavy atom. The van der Waals surface area contributed by atoms with E-state index in [1.807, 2.05) is 20.0 Å². The summed E-state index contributed by atoms with van der Waals surface area (Å²) in [6, 6.07) is 3.50. The number of aryl methyl sites for hydroxylation is 1. The van der Waals surface area contributed by atoms with E-state index in [-0.39, 0.29) is 11.2 Å². The van der Waals surface area contributed by atoms with Gasteiger partial charge in [-0.1, -0.05) is 13.8 Å². The second-order valence-corrected chi connectivity index (χ2v) is 5.46. The summed E-state index contributed by atoms with van der Waals surface area (Å²) in [6.45, 7) is 8.34. The predicted octanol–water partition coefficient (Wildman–Crippen LogP) is 1.51. The lowest BCUT2D eigenvalue weighted by Gasteiger charge is -2.28. The van der Waals surface area contributed by atoms with Gasteiger partial charge >= 0.3 is 0 Å². The molecule has 0 saturated carbocycles. The first-order chi connectivity index (χ1) is 7.84. The van der Waals surface area contributed by atoms with Crippen molar-refractivity contribution in [1.82, 2.24) is 9.88 Å². The maximum Gasteiger partial charge on any atom is 0.138 e. The number of aromatic hydroxyl groups is 1. The standard InChI is InChI=1S/C13H23N3O/c1-10-5-6-12(17)11(15-10)7-16(4)9-13(2,3)8-14/h5-6,17H,7-9,14H2,1-4H3. The van der Waals surface area contributed by atoms with Crippen LogP contribution in [-0.2, 0) is 6.54 Å². The first kappa shape index (κ1) is 13.9. The Bertz CT molecular complexity index is 377. The number of aromatic nitrogens is 1. The Morgan fingerprint density at radius 1 is 1.41 bits per heavy atom. The lowest BCUT2D eigenvalue weighted by Crippen LogP contribution is -2.36. The molecule has 0 unspecified atom stereocenters. The zero-order chi connectivity index (χ0) is 13.1. The molecule has 0 aliphatic carbocycles. The molecule has 96 valence electrons. The summed E-state index contributed by atoms with van der Waals surface area (Å²) in [7, 11) is 2.01. The summed E-state index contributed by atoms with van der Waals surface area (Å²) in [4.78, 5) is 6.48. The fourth-order valence-electron chi connectivity index (χ4n) is 1.83. The van der Waals surface area contributed by atoms with Gasteiger partial charge in [0.25, 0.3) is 0 Å². The highest BCUT2D eigenvalue weighted by Crippen LogP contribution is 2.19. The number of nitrogens with two attached hydrogens (primary N) is 1. The van der Waals surface area contributed by atoms with Gasteiger partial charge < -0.3 is 10.8 Å². The number of rotatable bonds is 5. The minimum atomic E-state index is 0.0776. The maximum absolute atomic E-state index is 9.73. The second-order valence-electron chi connectivity index (χ2n) is 5.46. The van der Waals surface area contributed by atoms with E-state index in [2.05, 4.69) is 23.7 Å². The van der Waals surface area contributed by atoms with Crippen molar-refractivity contribution in [3.8, 4) is 5.75 Å². The number of hydrogen-bond acceptors (Lipinski definition) is 4. The summed E-state index contributed by atoms with van der Waals surface area (Å²) >= 11 is 0. The monoisotopic (exact) mass is 237 g/mol. The molecule has 1 rings (SSSR count). The molecule has 0 amide bonds. The van der Waals surface area contributed by atoms with Gasteiger partial charge in [0.05, 0.1) is 5.69 Å². The second kappa shape index (κ2) is 5.47. The molecule has 17 heavy (non-hydrogen) atoms. The van der Waals surface area contributed by atoms with E-state index in [9.17, 15) is 5.11 Å². The van der Waals surface area contributed by atoms with Crippen molar-refractivity contribution in [3.05, 3.63) is 23.5 Å². The maximum atomic E-state index is 9.73. The summed E-state index contributed by atoms with van der Waals surface area (Å²) < 4.78 is 0. The fraction of sp³-hybridized carbons (Fsp3) is 0.615. The van der Waals surface area contributed by atoms with Crippen LogP contribution in [0, 0.1) is 12.3 Å². The highest BCUT2D eigenvalue weighted by molar-refractivity contribution is 5.27.